The summed E-state index contributed by atoms with van der Waals surface area (Å²) in [6, 6.07) is 7.12. The van der Waals surface area contributed by atoms with Crippen LogP contribution in [0.25, 0.3) is 0 Å². The molecule has 0 amide bonds. The summed E-state index contributed by atoms with van der Waals surface area (Å²) in [5.41, 5.74) is 4.36. The molecule has 1 atom stereocenters. The van der Waals surface area contributed by atoms with Crippen LogP contribution in [0, 0.1) is 0 Å². The Morgan fingerprint density at radius 2 is 1.83 bits per heavy atom. The molecule has 2 rings (SSSR count). The Hall–Kier alpha value is -1.99. The van der Waals surface area contributed by atoms with Crippen LogP contribution in [-0.4, -0.2) is 20.2 Å². The molecule has 0 aliphatic rings. The van der Waals surface area contributed by atoms with Gasteiger partial charge in [0.15, 0.2) is 5.78 Å². The molecule has 2 N–H and O–H groups in total. The van der Waals surface area contributed by atoms with Crippen molar-refractivity contribution in [1.29, 1.82) is 0 Å². The molecular formula is C15H16ClN3O3S. The maximum atomic E-state index is 12.6. The highest BCUT2D eigenvalue weighted by Gasteiger charge is 2.25. The number of hydrogen-bond donors (Lipinski definition) is 1. The topological polar surface area (TPSA) is 87.1 Å². The first-order chi connectivity index (χ1) is 10.8. The molecule has 0 radical (unpaired) electrons. The Balaban J connectivity index is 2.44. The van der Waals surface area contributed by atoms with Crippen molar-refractivity contribution in [2.45, 2.75) is 17.1 Å². The fraction of sp³-hybridized carbons (Fsp3) is 0.267. The van der Waals surface area contributed by atoms with Gasteiger partial charge >= 0.3 is 5.69 Å². The summed E-state index contributed by atoms with van der Waals surface area (Å²) in [5, 5.41) is -0.0547. The first-order valence-corrected chi connectivity index (χ1v) is 8.02. The van der Waals surface area contributed by atoms with E-state index in [9.17, 15) is 14.4 Å². The van der Waals surface area contributed by atoms with E-state index in [1.165, 1.54) is 25.9 Å². The molecular weight excluding hydrogens is 338 g/mol. The molecule has 0 saturated heterocycles. The molecule has 122 valence electrons. The molecule has 8 heteroatoms. The number of nitrogens with two attached hydrogens (primary N) is 1. The zero-order valence-electron chi connectivity index (χ0n) is 12.9. The highest BCUT2D eigenvalue weighted by Crippen LogP contribution is 2.31. The summed E-state index contributed by atoms with van der Waals surface area (Å²) in [6.07, 6.45) is 0. The number of anilines is 1. The average molecular weight is 354 g/mol. The van der Waals surface area contributed by atoms with Crippen LogP contribution < -0.4 is 17.0 Å². The summed E-state index contributed by atoms with van der Waals surface area (Å²) in [7, 11) is 2.73. The van der Waals surface area contributed by atoms with Crippen molar-refractivity contribution in [1.82, 2.24) is 9.13 Å². The van der Waals surface area contributed by atoms with Gasteiger partial charge < -0.3 is 5.73 Å². The van der Waals surface area contributed by atoms with Crippen molar-refractivity contribution >= 4 is 35.0 Å². The number of Topliss-reactive ketones (excluding diaryl/α,β-unsaturated/α-hetero) is 1. The van der Waals surface area contributed by atoms with E-state index in [0.29, 0.717) is 5.02 Å². The van der Waals surface area contributed by atoms with Crippen LogP contribution >= 0.6 is 23.4 Å². The third-order valence-corrected chi connectivity index (χ3v) is 5.09. The number of halogens is 1. The van der Waals surface area contributed by atoms with Gasteiger partial charge in [-0.3, -0.25) is 18.7 Å². The van der Waals surface area contributed by atoms with Gasteiger partial charge in [-0.2, -0.15) is 0 Å². The van der Waals surface area contributed by atoms with E-state index in [4.69, 9.17) is 17.3 Å². The quantitative estimate of drug-likeness (QED) is 0.667. The monoisotopic (exact) mass is 353 g/mol. The lowest BCUT2D eigenvalue weighted by molar-refractivity contribution is 0.0992. The third-order valence-electron chi connectivity index (χ3n) is 3.47. The Labute approximate surface area is 141 Å². The smallest absolute Gasteiger partial charge is 0.332 e. The van der Waals surface area contributed by atoms with E-state index < -0.39 is 22.3 Å². The number of hydrogen-bond acceptors (Lipinski definition) is 5. The number of nitrogens with zero attached hydrogens (tertiary/aromatic N) is 2. The number of carbonyl (C=O) groups is 1. The molecule has 0 bridgehead atoms. The predicted molar refractivity (Wildman–Crippen MR) is 92.4 cm³/mol. The van der Waals surface area contributed by atoms with Crippen molar-refractivity contribution in [3.63, 3.8) is 0 Å². The molecule has 0 saturated carbocycles. The largest absolute Gasteiger partial charge is 0.384 e. The summed E-state index contributed by atoms with van der Waals surface area (Å²) in [5.74, 6) is -0.571. The minimum atomic E-state index is -0.692. The SMILES string of the molecule is C[C@@H](Sc1ccccc1Cl)C(=O)c1c(N)n(C)c(=O)n(C)c1=O. The molecule has 0 aliphatic carbocycles. The standard InChI is InChI=1S/C15H16ClN3O3S/c1-8(23-10-7-5-4-6-9(10)16)12(20)11-13(17)18(2)15(22)19(3)14(11)21/h4-8H,17H2,1-3H3/t8-/m1/s1. The maximum Gasteiger partial charge on any atom is 0.332 e. The van der Waals surface area contributed by atoms with E-state index >= 15 is 0 Å². The Morgan fingerprint density at radius 3 is 2.43 bits per heavy atom. The molecule has 1 aromatic heterocycles. The van der Waals surface area contributed by atoms with Gasteiger partial charge in [-0.15, -0.1) is 11.8 Å². The molecule has 0 unspecified atom stereocenters. The van der Waals surface area contributed by atoms with Gasteiger partial charge in [0.1, 0.15) is 11.4 Å². The highest BCUT2D eigenvalue weighted by molar-refractivity contribution is 8.00. The third kappa shape index (κ3) is 3.20. The van der Waals surface area contributed by atoms with Crippen LogP contribution in [0.2, 0.25) is 5.02 Å². The molecule has 0 fully saturated rings. The van der Waals surface area contributed by atoms with Gasteiger partial charge in [-0.1, -0.05) is 23.7 Å². The maximum absolute atomic E-state index is 12.6. The second-order valence-electron chi connectivity index (χ2n) is 5.02. The zero-order valence-corrected chi connectivity index (χ0v) is 14.4. The highest BCUT2D eigenvalue weighted by atomic mass is 35.5. The molecule has 0 spiro atoms. The lowest BCUT2D eigenvalue weighted by atomic mass is 10.1. The van der Waals surface area contributed by atoms with Gasteiger partial charge in [0.25, 0.3) is 5.56 Å². The number of thioether (sulfide) groups is 1. The normalized spacial score (nSPS) is 12.2. The fourth-order valence-corrected chi connectivity index (χ4v) is 3.29. The van der Waals surface area contributed by atoms with Crippen molar-refractivity contribution < 1.29 is 4.79 Å². The average Bonchev–Trinajstić information content (AvgIpc) is 2.53. The van der Waals surface area contributed by atoms with Gasteiger partial charge in [0, 0.05) is 19.0 Å². The fourth-order valence-electron chi connectivity index (χ4n) is 2.08. The molecule has 2 aromatic rings. The number of rotatable bonds is 4. The van der Waals surface area contributed by atoms with Crippen LogP contribution in [0.15, 0.2) is 38.8 Å². The van der Waals surface area contributed by atoms with Gasteiger partial charge in [0.2, 0.25) is 0 Å². The second-order valence-corrected chi connectivity index (χ2v) is 6.81. The summed E-state index contributed by atoms with van der Waals surface area (Å²) < 4.78 is 1.96. The van der Waals surface area contributed by atoms with Crippen LogP contribution in [0.1, 0.15) is 17.3 Å². The van der Waals surface area contributed by atoms with Crippen LogP contribution in [0.5, 0.6) is 0 Å². The Kier molecular flexibility index (Phi) is 5.01. The number of carbonyl (C=O) groups excluding carboxylic acids is 1. The molecule has 1 heterocycles. The minimum Gasteiger partial charge on any atom is -0.384 e. The number of aromatic nitrogens is 2. The van der Waals surface area contributed by atoms with Gasteiger partial charge in [0.05, 0.1) is 10.3 Å². The van der Waals surface area contributed by atoms with Gasteiger partial charge in [-0.05, 0) is 19.1 Å². The summed E-state index contributed by atoms with van der Waals surface area (Å²) >= 11 is 7.32. The number of ketones is 1. The van der Waals surface area contributed by atoms with Crippen LogP contribution in [-0.2, 0) is 14.1 Å². The number of benzene rings is 1. The molecule has 1 aromatic carbocycles. The Bertz CT molecular complexity index is 889. The van der Waals surface area contributed by atoms with E-state index in [2.05, 4.69) is 0 Å². The zero-order chi connectivity index (χ0) is 17.3. The second kappa shape index (κ2) is 6.64. The summed E-state index contributed by atoms with van der Waals surface area (Å²) in [6.45, 7) is 1.67. The molecule has 23 heavy (non-hydrogen) atoms. The van der Waals surface area contributed by atoms with E-state index in [1.807, 2.05) is 6.07 Å². The van der Waals surface area contributed by atoms with Gasteiger partial charge in [-0.25, -0.2) is 4.79 Å². The van der Waals surface area contributed by atoms with Crippen molar-refractivity contribution in [3.05, 3.63) is 55.7 Å². The Morgan fingerprint density at radius 1 is 1.22 bits per heavy atom. The van der Waals surface area contributed by atoms with Crippen molar-refractivity contribution in [2.75, 3.05) is 5.73 Å². The summed E-state index contributed by atoms with van der Waals surface area (Å²) in [4.78, 5) is 37.4. The predicted octanol–water partition coefficient (Wildman–Crippen LogP) is 1.68. The van der Waals surface area contributed by atoms with E-state index in [-0.39, 0.29) is 11.4 Å². The minimum absolute atomic E-state index is 0.130. The van der Waals surface area contributed by atoms with Crippen molar-refractivity contribution in [2.24, 2.45) is 14.1 Å². The first kappa shape index (κ1) is 17.4. The molecule has 6 nitrogen and oxygen atoms in total. The lowest BCUT2D eigenvalue weighted by Crippen LogP contribution is -2.42. The van der Waals surface area contributed by atoms with Crippen molar-refractivity contribution in [3.8, 4) is 0 Å². The van der Waals surface area contributed by atoms with E-state index in [0.717, 1.165) is 14.0 Å². The first-order valence-electron chi connectivity index (χ1n) is 6.76. The van der Waals surface area contributed by atoms with Crippen LogP contribution in [0.3, 0.4) is 0 Å². The molecule has 0 aliphatic heterocycles. The lowest BCUT2D eigenvalue weighted by Gasteiger charge is -2.14. The van der Waals surface area contributed by atoms with E-state index in [1.54, 1.807) is 25.1 Å². The number of nitrogen functional groups attached to an aromatic ring is 1. The van der Waals surface area contributed by atoms with Crippen LogP contribution in [0.4, 0.5) is 5.82 Å².